The van der Waals surface area contributed by atoms with E-state index in [2.05, 4.69) is 13.8 Å². The van der Waals surface area contributed by atoms with E-state index >= 15 is 0 Å². The van der Waals surface area contributed by atoms with Crippen molar-refractivity contribution in [3.8, 4) is 17.2 Å². The van der Waals surface area contributed by atoms with Crippen LogP contribution in [0.4, 0.5) is 0 Å². The van der Waals surface area contributed by atoms with Crippen LogP contribution in [0.3, 0.4) is 0 Å². The Kier molecular flexibility index (Phi) is 5.52. The molecule has 122 valence electrons. The number of nitrogens with zero attached hydrogens (tertiary/aromatic N) is 1. The Morgan fingerprint density at radius 3 is 2.18 bits per heavy atom. The molecule has 2 atom stereocenters. The SMILES string of the molecule is COc1cccc(OC)c1OCC(=O)N1CC(C)CC(C)C1. The van der Waals surface area contributed by atoms with Crippen LogP contribution >= 0.6 is 0 Å². The van der Waals surface area contributed by atoms with Crippen molar-refractivity contribution in [3.05, 3.63) is 18.2 Å². The molecule has 0 spiro atoms. The number of para-hydroxylation sites is 1. The smallest absolute Gasteiger partial charge is 0.260 e. The summed E-state index contributed by atoms with van der Waals surface area (Å²) in [7, 11) is 3.13. The number of carbonyl (C=O) groups excluding carboxylic acids is 1. The highest BCUT2D eigenvalue weighted by Crippen LogP contribution is 2.36. The summed E-state index contributed by atoms with van der Waals surface area (Å²) in [6.45, 7) is 5.96. The van der Waals surface area contributed by atoms with E-state index in [4.69, 9.17) is 14.2 Å². The third-order valence-electron chi connectivity index (χ3n) is 3.94. The monoisotopic (exact) mass is 307 g/mol. The molecule has 0 saturated carbocycles. The number of hydrogen-bond acceptors (Lipinski definition) is 4. The Morgan fingerprint density at radius 1 is 1.14 bits per heavy atom. The lowest BCUT2D eigenvalue weighted by molar-refractivity contribution is -0.136. The van der Waals surface area contributed by atoms with Gasteiger partial charge in [0.25, 0.3) is 5.91 Å². The van der Waals surface area contributed by atoms with Crippen molar-refractivity contribution in [2.45, 2.75) is 20.3 Å². The van der Waals surface area contributed by atoms with Crippen LogP contribution in [-0.2, 0) is 4.79 Å². The molecule has 0 radical (unpaired) electrons. The van der Waals surface area contributed by atoms with E-state index in [-0.39, 0.29) is 12.5 Å². The van der Waals surface area contributed by atoms with Gasteiger partial charge in [0.05, 0.1) is 14.2 Å². The van der Waals surface area contributed by atoms with Crippen molar-refractivity contribution < 1.29 is 19.0 Å². The van der Waals surface area contributed by atoms with Crippen LogP contribution in [0, 0.1) is 11.8 Å². The predicted molar refractivity (Wildman–Crippen MR) is 84.6 cm³/mol. The van der Waals surface area contributed by atoms with Gasteiger partial charge < -0.3 is 19.1 Å². The lowest BCUT2D eigenvalue weighted by Gasteiger charge is -2.35. The van der Waals surface area contributed by atoms with Gasteiger partial charge >= 0.3 is 0 Å². The third-order valence-corrected chi connectivity index (χ3v) is 3.94. The van der Waals surface area contributed by atoms with E-state index in [0.29, 0.717) is 29.1 Å². The van der Waals surface area contributed by atoms with Crippen molar-refractivity contribution in [2.75, 3.05) is 33.9 Å². The third kappa shape index (κ3) is 3.84. The van der Waals surface area contributed by atoms with Crippen LogP contribution in [0.5, 0.6) is 17.2 Å². The number of amides is 1. The van der Waals surface area contributed by atoms with Crippen molar-refractivity contribution in [2.24, 2.45) is 11.8 Å². The Hall–Kier alpha value is -1.91. The molecule has 1 aromatic rings. The number of hydrogen-bond donors (Lipinski definition) is 0. The minimum Gasteiger partial charge on any atom is -0.493 e. The molecule has 5 nitrogen and oxygen atoms in total. The van der Waals surface area contributed by atoms with Crippen LogP contribution in [0.25, 0.3) is 0 Å². The highest BCUT2D eigenvalue weighted by molar-refractivity contribution is 5.78. The Morgan fingerprint density at radius 2 is 1.68 bits per heavy atom. The molecule has 0 aromatic heterocycles. The van der Waals surface area contributed by atoms with Crippen molar-refractivity contribution in [1.29, 1.82) is 0 Å². The summed E-state index contributed by atoms with van der Waals surface area (Å²) in [5, 5.41) is 0. The van der Waals surface area contributed by atoms with Gasteiger partial charge in [-0.1, -0.05) is 19.9 Å². The van der Waals surface area contributed by atoms with E-state index in [0.717, 1.165) is 13.1 Å². The normalized spacial score (nSPS) is 21.4. The number of piperidine rings is 1. The van der Waals surface area contributed by atoms with Gasteiger partial charge in [0, 0.05) is 13.1 Å². The average Bonchev–Trinajstić information content (AvgIpc) is 2.51. The summed E-state index contributed by atoms with van der Waals surface area (Å²) in [5.74, 6) is 2.67. The molecular weight excluding hydrogens is 282 g/mol. The zero-order chi connectivity index (χ0) is 16.1. The Bertz CT molecular complexity index is 485. The first-order valence-corrected chi connectivity index (χ1v) is 7.66. The molecule has 0 aliphatic carbocycles. The summed E-state index contributed by atoms with van der Waals surface area (Å²) in [5.41, 5.74) is 0. The average molecular weight is 307 g/mol. The maximum Gasteiger partial charge on any atom is 0.260 e. The highest BCUT2D eigenvalue weighted by Gasteiger charge is 2.26. The number of methoxy groups -OCH3 is 2. The van der Waals surface area contributed by atoms with E-state index in [1.165, 1.54) is 6.42 Å². The molecule has 1 amide bonds. The van der Waals surface area contributed by atoms with Gasteiger partial charge in [-0.15, -0.1) is 0 Å². The quantitative estimate of drug-likeness (QED) is 0.839. The minimum absolute atomic E-state index is 0.00380. The van der Waals surface area contributed by atoms with Crippen LogP contribution in [0.1, 0.15) is 20.3 Å². The summed E-state index contributed by atoms with van der Waals surface area (Å²) in [6, 6.07) is 5.39. The predicted octanol–water partition coefficient (Wildman–Crippen LogP) is 2.59. The van der Waals surface area contributed by atoms with E-state index in [1.807, 2.05) is 11.0 Å². The second-order valence-electron chi connectivity index (χ2n) is 6.03. The molecule has 22 heavy (non-hydrogen) atoms. The molecule has 1 aliphatic heterocycles. The molecule has 0 N–H and O–H groups in total. The van der Waals surface area contributed by atoms with Crippen LogP contribution in [-0.4, -0.2) is 44.7 Å². The van der Waals surface area contributed by atoms with Gasteiger partial charge in [-0.25, -0.2) is 0 Å². The van der Waals surface area contributed by atoms with E-state index < -0.39 is 0 Å². The number of carbonyl (C=O) groups is 1. The summed E-state index contributed by atoms with van der Waals surface area (Å²) in [6.07, 6.45) is 1.17. The summed E-state index contributed by atoms with van der Waals surface area (Å²) >= 11 is 0. The van der Waals surface area contributed by atoms with Crippen LogP contribution in [0.15, 0.2) is 18.2 Å². The second-order valence-corrected chi connectivity index (χ2v) is 6.03. The lowest BCUT2D eigenvalue weighted by atomic mass is 9.92. The van der Waals surface area contributed by atoms with Crippen LogP contribution < -0.4 is 14.2 Å². The van der Waals surface area contributed by atoms with Crippen molar-refractivity contribution in [3.63, 3.8) is 0 Å². The van der Waals surface area contributed by atoms with Gasteiger partial charge in [0.2, 0.25) is 5.75 Å². The number of rotatable bonds is 5. The maximum absolute atomic E-state index is 12.4. The molecule has 1 saturated heterocycles. The first-order chi connectivity index (χ1) is 10.5. The fraction of sp³-hybridized carbons (Fsp3) is 0.588. The fourth-order valence-electron chi connectivity index (χ4n) is 3.05. The highest BCUT2D eigenvalue weighted by atomic mass is 16.5. The molecule has 1 heterocycles. The van der Waals surface area contributed by atoms with E-state index in [1.54, 1.807) is 26.4 Å². The molecule has 1 fully saturated rings. The van der Waals surface area contributed by atoms with Crippen molar-refractivity contribution >= 4 is 5.91 Å². The van der Waals surface area contributed by atoms with Gasteiger partial charge in [0.15, 0.2) is 18.1 Å². The van der Waals surface area contributed by atoms with E-state index in [9.17, 15) is 4.79 Å². The molecule has 2 unspecified atom stereocenters. The number of benzene rings is 1. The standard InChI is InChI=1S/C17H25NO4/c1-12-8-13(2)10-18(9-12)16(19)11-22-17-14(20-3)6-5-7-15(17)21-4/h5-7,12-13H,8-11H2,1-4H3. The van der Waals surface area contributed by atoms with Crippen LogP contribution in [0.2, 0.25) is 0 Å². The van der Waals surface area contributed by atoms with Gasteiger partial charge in [-0.2, -0.15) is 0 Å². The molecule has 2 rings (SSSR count). The zero-order valence-corrected chi connectivity index (χ0v) is 13.8. The molecule has 1 aliphatic rings. The fourth-order valence-corrected chi connectivity index (χ4v) is 3.05. The number of ether oxygens (including phenoxy) is 3. The van der Waals surface area contributed by atoms with Gasteiger partial charge in [0.1, 0.15) is 0 Å². The molecular formula is C17H25NO4. The molecule has 1 aromatic carbocycles. The lowest BCUT2D eigenvalue weighted by Crippen LogP contribution is -2.44. The van der Waals surface area contributed by atoms with Gasteiger partial charge in [-0.3, -0.25) is 4.79 Å². The minimum atomic E-state index is -0.00380. The first kappa shape index (κ1) is 16.5. The topological polar surface area (TPSA) is 48.0 Å². The largest absolute Gasteiger partial charge is 0.493 e. The van der Waals surface area contributed by atoms with Crippen molar-refractivity contribution in [1.82, 2.24) is 4.90 Å². The Balaban J connectivity index is 2.02. The summed E-state index contributed by atoms with van der Waals surface area (Å²) < 4.78 is 16.2. The first-order valence-electron chi connectivity index (χ1n) is 7.66. The number of likely N-dealkylation sites (tertiary alicyclic amines) is 1. The zero-order valence-electron chi connectivity index (χ0n) is 13.8. The summed E-state index contributed by atoms with van der Waals surface area (Å²) in [4.78, 5) is 14.3. The second kappa shape index (κ2) is 7.38. The van der Waals surface area contributed by atoms with Gasteiger partial charge in [-0.05, 0) is 30.4 Å². The molecule has 0 bridgehead atoms. The Labute approximate surface area is 132 Å². The molecule has 5 heteroatoms. The maximum atomic E-state index is 12.4.